The first-order chi connectivity index (χ1) is 18.5. The maximum Gasteiger partial charge on any atom is 0.274 e. The Labute approximate surface area is 226 Å². The van der Waals surface area contributed by atoms with Crippen molar-refractivity contribution in [2.45, 2.75) is 103 Å². The quantitative estimate of drug-likeness (QED) is 0.0529. The average Bonchev–Trinajstić information content (AvgIpc) is 2.92. The summed E-state index contributed by atoms with van der Waals surface area (Å²) >= 11 is 0. The molecule has 0 spiro atoms. The number of allylic oxidation sites excluding steroid dienone is 2. The maximum atomic E-state index is 11.3. The summed E-state index contributed by atoms with van der Waals surface area (Å²) in [5, 5.41) is 22.7. The van der Waals surface area contributed by atoms with E-state index in [2.05, 4.69) is 19.1 Å². The van der Waals surface area contributed by atoms with E-state index in [-0.39, 0.29) is 24.6 Å². The van der Waals surface area contributed by atoms with E-state index >= 15 is 0 Å². The molecule has 2 aromatic rings. The van der Waals surface area contributed by atoms with Gasteiger partial charge >= 0.3 is 0 Å². The molecule has 0 amide bonds. The number of hydrogen-bond donors (Lipinski definition) is 0. The lowest BCUT2D eigenvalue weighted by Gasteiger charge is -2.19. The smallest absolute Gasteiger partial charge is 0.274 e. The molecule has 0 unspecified atom stereocenters. The summed E-state index contributed by atoms with van der Waals surface area (Å²) in [5.74, 6) is 0. The number of nitro groups is 2. The SMILES string of the molecule is CCCCC=CCCCCCCCCCC(OCc1ccccc1[N+](=O)[O-])OCc1ccccc1[N+](=O)[O-]. The van der Waals surface area contributed by atoms with Crippen LogP contribution >= 0.6 is 0 Å². The van der Waals surface area contributed by atoms with Gasteiger partial charge in [-0.15, -0.1) is 0 Å². The van der Waals surface area contributed by atoms with Crippen LogP contribution in [0.25, 0.3) is 0 Å². The molecular weight excluding hydrogens is 484 g/mol. The molecule has 0 atom stereocenters. The Kier molecular flexibility index (Phi) is 15.6. The maximum absolute atomic E-state index is 11.3. The molecule has 0 aliphatic carbocycles. The fraction of sp³-hybridized carbons (Fsp3) is 0.533. The molecule has 2 aromatic carbocycles. The summed E-state index contributed by atoms with van der Waals surface area (Å²) in [7, 11) is 0. The highest BCUT2D eigenvalue weighted by molar-refractivity contribution is 5.40. The fourth-order valence-corrected chi connectivity index (χ4v) is 4.22. The van der Waals surface area contributed by atoms with Gasteiger partial charge in [0.2, 0.25) is 0 Å². The fourth-order valence-electron chi connectivity index (χ4n) is 4.22. The van der Waals surface area contributed by atoms with Crippen molar-refractivity contribution in [2.75, 3.05) is 0 Å². The number of benzene rings is 2. The largest absolute Gasteiger partial charge is 0.348 e. The van der Waals surface area contributed by atoms with Crippen LogP contribution in [0.1, 0.15) is 95.1 Å². The topological polar surface area (TPSA) is 105 Å². The number of nitro benzene ring substituents is 2. The minimum Gasteiger partial charge on any atom is -0.348 e. The molecule has 0 aromatic heterocycles. The van der Waals surface area contributed by atoms with E-state index in [1.165, 1.54) is 63.5 Å². The molecule has 0 aliphatic rings. The van der Waals surface area contributed by atoms with Crippen molar-refractivity contribution in [2.24, 2.45) is 0 Å². The molecule has 2 rings (SSSR count). The van der Waals surface area contributed by atoms with E-state index in [0.29, 0.717) is 17.5 Å². The van der Waals surface area contributed by atoms with Crippen LogP contribution < -0.4 is 0 Å². The standard InChI is InChI=1S/C30H42N2O6/c1-2-3-4-5-6-7-8-9-10-11-12-13-14-23-30(37-24-26-19-15-17-21-28(26)31(33)34)38-25-27-20-16-18-22-29(27)32(35)36/h5-6,15-22,30H,2-4,7-14,23-25H2,1H3. The average molecular weight is 527 g/mol. The molecule has 8 nitrogen and oxygen atoms in total. The first-order valence-electron chi connectivity index (χ1n) is 13.9. The van der Waals surface area contributed by atoms with Crippen molar-refractivity contribution < 1.29 is 19.3 Å². The van der Waals surface area contributed by atoms with Gasteiger partial charge in [-0.05, 0) is 44.2 Å². The van der Waals surface area contributed by atoms with Gasteiger partial charge in [-0.25, -0.2) is 0 Å². The lowest BCUT2D eigenvalue weighted by atomic mass is 10.1. The Hall–Kier alpha value is -3.10. The number of para-hydroxylation sites is 2. The summed E-state index contributed by atoms with van der Waals surface area (Å²) in [5.41, 5.74) is 0.941. The molecule has 0 bridgehead atoms. The number of hydrogen-bond acceptors (Lipinski definition) is 6. The summed E-state index contributed by atoms with van der Waals surface area (Å²) in [6, 6.07) is 12.9. The van der Waals surface area contributed by atoms with Gasteiger partial charge < -0.3 is 9.47 Å². The van der Waals surface area contributed by atoms with Crippen molar-refractivity contribution in [3.63, 3.8) is 0 Å². The van der Waals surface area contributed by atoms with E-state index in [9.17, 15) is 20.2 Å². The van der Waals surface area contributed by atoms with E-state index < -0.39 is 16.1 Å². The molecule has 0 N–H and O–H groups in total. The van der Waals surface area contributed by atoms with Gasteiger partial charge in [0.1, 0.15) is 0 Å². The number of ether oxygens (including phenoxy) is 2. The van der Waals surface area contributed by atoms with E-state index in [4.69, 9.17) is 9.47 Å². The molecule has 0 saturated heterocycles. The summed E-state index contributed by atoms with van der Waals surface area (Å²) in [4.78, 5) is 21.8. The highest BCUT2D eigenvalue weighted by atomic mass is 16.7. The van der Waals surface area contributed by atoms with Gasteiger partial charge in [0, 0.05) is 12.1 Å². The minimum atomic E-state index is -0.617. The Bertz CT molecular complexity index is 933. The van der Waals surface area contributed by atoms with Crippen LogP contribution in [0.4, 0.5) is 11.4 Å². The first-order valence-corrected chi connectivity index (χ1v) is 13.9. The first kappa shape index (κ1) is 31.1. The van der Waals surface area contributed by atoms with Crippen LogP contribution in [-0.4, -0.2) is 16.1 Å². The number of rotatable bonds is 21. The highest BCUT2D eigenvalue weighted by Crippen LogP contribution is 2.23. The van der Waals surface area contributed by atoms with E-state index in [1.807, 2.05) is 0 Å². The minimum absolute atomic E-state index is 0.00129. The molecule has 0 fully saturated rings. The third kappa shape index (κ3) is 12.4. The molecule has 8 heteroatoms. The van der Waals surface area contributed by atoms with E-state index in [1.54, 1.807) is 36.4 Å². The van der Waals surface area contributed by atoms with Gasteiger partial charge in [-0.2, -0.15) is 0 Å². The van der Waals surface area contributed by atoms with Crippen LogP contribution in [0.2, 0.25) is 0 Å². The van der Waals surface area contributed by atoms with Crippen molar-refractivity contribution in [3.05, 3.63) is 92.0 Å². The zero-order valence-electron chi connectivity index (χ0n) is 22.6. The lowest BCUT2D eigenvalue weighted by molar-refractivity contribution is -0.386. The zero-order valence-corrected chi connectivity index (χ0v) is 22.6. The van der Waals surface area contributed by atoms with Gasteiger partial charge in [0.15, 0.2) is 6.29 Å². The highest BCUT2D eigenvalue weighted by Gasteiger charge is 2.18. The third-order valence-corrected chi connectivity index (χ3v) is 6.43. The zero-order chi connectivity index (χ0) is 27.4. The Morgan fingerprint density at radius 1 is 0.684 bits per heavy atom. The number of nitrogens with zero attached hydrogens (tertiary/aromatic N) is 2. The molecule has 0 aliphatic heterocycles. The molecule has 0 saturated carbocycles. The summed E-state index contributed by atoms with van der Waals surface area (Å²) < 4.78 is 11.9. The van der Waals surface area contributed by atoms with Gasteiger partial charge in [0.25, 0.3) is 11.4 Å². The normalized spacial score (nSPS) is 11.4. The van der Waals surface area contributed by atoms with Gasteiger partial charge in [0.05, 0.1) is 34.2 Å². The van der Waals surface area contributed by atoms with Gasteiger partial charge in [-0.3, -0.25) is 20.2 Å². The number of unbranched alkanes of at least 4 members (excludes halogenated alkanes) is 9. The molecule has 0 radical (unpaired) electrons. The van der Waals surface area contributed by atoms with Crippen LogP contribution in [0, 0.1) is 20.2 Å². The van der Waals surface area contributed by atoms with Crippen LogP contribution in [-0.2, 0) is 22.7 Å². The lowest BCUT2D eigenvalue weighted by Crippen LogP contribution is -2.18. The second-order valence-corrected chi connectivity index (χ2v) is 9.49. The van der Waals surface area contributed by atoms with Crippen LogP contribution in [0.5, 0.6) is 0 Å². The predicted molar refractivity (Wildman–Crippen MR) is 150 cm³/mol. The van der Waals surface area contributed by atoms with Crippen LogP contribution in [0.15, 0.2) is 60.7 Å². The molecule has 208 valence electrons. The Morgan fingerprint density at radius 3 is 1.63 bits per heavy atom. The second-order valence-electron chi connectivity index (χ2n) is 9.49. The Morgan fingerprint density at radius 2 is 1.13 bits per heavy atom. The summed E-state index contributed by atoms with van der Waals surface area (Å²) in [6.07, 6.45) is 17.4. The summed E-state index contributed by atoms with van der Waals surface area (Å²) in [6.45, 7) is 2.28. The van der Waals surface area contributed by atoms with Crippen molar-refractivity contribution in [1.29, 1.82) is 0 Å². The molecule has 38 heavy (non-hydrogen) atoms. The monoisotopic (exact) mass is 526 g/mol. The van der Waals surface area contributed by atoms with E-state index in [0.717, 1.165) is 19.3 Å². The third-order valence-electron chi connectivity index (χ3n) is 6.43. The predicted octanol–water partition coefficient (Wildman–Crippen LogP) is 8.82. The van der Waals surface area contributed by atoms with Crippen molar-refractivity contribution in [3.8, 4) is 0 Å². The molecule has 0 heterocycles. The Balaban J connectivity index is 1.79. The second kappa shape index (κ2) is 19.0. The van der Waals surface area contributed by atoms with Gasteiger partial charge in [-0.1, -0.05) is 88.3 Å². The molecular formula is C30H42N2O6. The van der Waals surface area contributed by atoms with Crippen molar-refractivity contribution in [1.82, 2.24) is 0 Å². The van der Waals surface area contributed by atoms with Crippen LogP contribution in [0.3, 0.4) is 0 Å². The van der Waals surface area contributed by atoms with Crippen molar-refractivity contribution >= 4 is 11.4 Å².